The summed E-state index contributed by atoms with van der Waals surface area (Å²) >= 11 is 0. The molecule has 1 N–H and O–H groups in total. The summed E-state index contributed by atoms with van der Waals surface area (Å²) in [7, 11) is 1.79. The number of piperazine rings is 1. The number of nitrogens with one attached hydrogen (secondary N) is 1. The third kappa shape index (κ3) is 3.15. The second-order valence-corrected chi connectivity index (χ2v) is 5.82. The van der Waals surface area contributed by atoms with Crippen LogP contribution in [0.2, 0.25) is 0 Å². The predicted molar refractivity (Wildman–Crippen MR) is 81.3 cm³/mol. The topological polar surface area (TPSA) is 61.4 Å². The van der Waals surface area contributed by atoms with E-state index < -0.39 is 0 Å². The number of aromatic nitrogens is 2. The van der Waals surface area contributed by atoms with Gasteiger partial charge in [0.05, 0.1) is 0 Å². The molecule has 1 aliphatic carbocycles. The highest BCUT2D eigenvalue weighted by Gasteiger charge is 2.28. The number of carbonyl (C=O) groups excluding carboxylic acids is 1. The zero-order chi connectivity index (χ0) is 14.7. The molecule has 1 amide bonds. The van der Waals surface area contributed by atoms with Crippen LogP contribution in [0.25, 0.3) is 0 Å². The lowest BCUT2D eigenvalue weighted by molar-refractivity contribution is 0.0567. The first kappa shape index (κ1) is 14.3. The Labute approximate surface area is 125 Å². The van der Waals surface area contributed by atoms with E-state index in [1.807, 2.05) is 4.90 Å². The van der Waals surface area contributed by atoms with Crippen LogP contribution < -0.4 is 5.32 Å². The Kier molecular flexibility index (Phi) is 4.34. The van der Waals surface area contributed by atoms with Gasteiger partial charge in [0.1, 0.15) is 5.82 Å². The Morgan fingerprint density at radius 2 is 1.86 bits per heavy atom. The molecule has 0 atom stereocenters. The summed E-state index contributed by atoms with van der Waals surface area (Å²) in [5, 5.41) is 10.9. The third-order valence-electron chi connectivity index (χ3n) is 4.58. The molecule has 6 heteroatoms. The summed E-state index contributed by atoms with van der Waals surface area (Å²) < 4.78 is 0. The van der Waals surface area contributed by atoms with Crippen molar-refractivity contribution in [2.75, 3.05) is 38.5 Å². The number of anilines is 1. The van der Waals surface area contributed by atoms with Gasteiger partial charge in [0.2, 0.25) is 0 Å². The summed E-state index contributed by atoms with van der Waals surface area (Å²) in [4.78, 5) is 16.9. The van der Waals surface area contributed by atoms with Crippen molar-refractivity contribution in [1.82, 2.24) is 20.0 Å². The summed E-state index contributed by atoms with van der Waals surface area (Å²) in [6.45, 7) is 3.56. The van der Waals surface area contributed by atoms with Gasteiger partial charge in [-0.2, -0.15) is 0 Å². The van der Waals surface area contributed by atoms with E-state index in [1.54, 1.807) is 19.2 Å². The van der Waals surface area contributed by atoms with Gasteiger partial charge in [0.15, 0.2) is 5.69 Å². The predicted octanol–water partition coefficient (Wildman–Crippen LogP) is 1.22. The normalized spacial score (nSPS) is 20.7. The summed E-state index contributed by atoms with van der Waals surface area (Å²) in [5.74, 6) is 0.675. The fourth-order valence-corrected chi connectivity index (χ4v) is 3.30. The molecule has 2 fully saturated rings. The number of hydrogen-bond donors (Lipinski definition) is 1. The fourth-order valence-electron chi connectivity index (χ4n) is 3.30. The lowest BCUT2D eigenvalue weighted by Crippen LogP contribution is -2.51. The lowest BCUT2D eigenvalue weighted by atomic mass is 10.1. The van der Waals surface area contributed by atoms with Crippen LogP contribution in [-0.2, 0) is 0 Å². The average Bonchev–Trinajstić information content (AvgIpc) is 3.09. The molecule has 1 aliphatic heterocycles. The molecule has 0 bridgehead atoms. The van der Waals surface area contributed by atoms with Crippen molar-refractivity contribution < 1.29 is 4.79 Å². The molecule has 6 nitrogen and oxygen atoms in total. The molecule has 1 saturated carbocycles. The second-order valence-electron chi connectivity index (χ2n) is 5.82. The fraction of sp³-hybridized carbons (Fsp3) is 0.667. The van der Waals surface area contributed by atoms with Gasteiger partial charge in [0.25, 0.3) is 5.91 Å². The summed E-state index contributed by atoms with van der Waals surface area (Å²) in [5.41, 5.74) is 0.434. The van der Waals surface area contributed by atoms with Crippen LogP contribution in [0.3, 0.4) is 0 Å². The van der Waals surface area contributed by atoms with Gasteiger partial charge in [-0.05, 0) is 25.0 Å². The summed E-state index contributed by atoms with van der Waals surface area (Å²) in [6, 6.07) is 4.27. The van der Waals surface area contributed by atoms with Crippen molar-refractivity contribution >= 4 is 11.7 Å². The number of nitrogens with zero attached hydrogens (tertiary/aromatic N) is 4. The van der Waals surface area contributed by atoms with Crippen molar-refractivity contribution in [3.05, 3.63) is 17.8 Å². The summed E-state index contributed by atoms with van der Waals surface area (Å²) in [6.07, 6.45) is 5.37. The molecule has 0 spiro atoms. The Balaban J connectivity index is 1.56. The first-order valence-corrected chi connectivity index (χ1v) is 7.83. The molecule has 0 aromatic carbocycles. The smallest absolute Gasteiger partial charge is 0.274 e. The highest BCUT2D eigenvalue weighted by molar-refractivity contribution is 5.92. The van der Waals surface area contributed by atoms with E-state index in [0.717, 1.165) is 32.2 Å². The van der Waals surface area contributed by atoms with Crippen molar-refractivity contribution in [2.24, 2.45) is 0 Å². The number of carbonyl (C=O) groups is 1. The molecule has 1 aromatic rings. The maximum absolute atomic E-state index is 12.4. The van der Waals surface area contributed by atoms with E-state index in [9.17, 15) is 4.79 Å². The van der Waals surface area contributed by atoms with Gasteiger partial charge < -0.3 is 10.2 Å². The standard InChI is InChI=1S/C15H23N5O/c1-16-14-7-6-13(17-18-14)15(21)20-10-8-19(9-11-20)12-4-2-3-5-12/h6-7,12H,2-5,8-11H2,1H3,(H,16,18). The van der Waals surface area contributed by atoms with Crippen molar-refractivity contribution in [3.8, 4) is 0 Å². The Morgan fingerprint density at radius 3 is 2.43 bits per heavy atom. The van der Waals surface area contributed by atoms with Crippen molar-refractivity contribution in [2.45, 2.75) is 31.7 Å². The lowest BCUT2D eigenvalue weighted by Gasteiger charge is -2.37. The molecule has 114 valence electrons. The first-order valence-electron chi connectivity index (χ1n) is 7.83. The maximum Gasteiger partial charge on any atom is 0.274 e. The first-order chi connectivity index (χ1) is 10.3. The highest BCUT2D eigenvalue weighted by atomic mass is 16.2. The van der Waals surface area contributed by atoms with E-state index in [2.05, 4.69) is 20.4 Å². The van der Waals surface area contributed by atoms with Crippen molar-refractivity contribution in [3.63, 3.8) is 0 Å². The Hall–Kier alpha value is -1.69. The SMILES string of the molecule is CNc1ccc(C(=O)N2CCN(C3CCCC3)CC2)nn1. The molecule has 3 rings (SSSR count). The van der Waals surface area contributed by atoms with Crippen LogP contribution in [0.5, 0.6) is 0 Å². The van der Waals surface area contributed by atoms with E-state index in [4.69, 9.17) is 0 Å². The molecule has 2 heterocycles. The van der Waals surface area contributed by atoms with E-state index in [-0.39, 0.29) is 5.91 Å². The molecule has 0 unspecified atom stereocenters. The van der Waals surface area contributed by atoms with Crippen LogP contribution in [0.15, 0.2) is 12.1 Å². The van der Waals surface area contributed by atoms with E-state index in [0.29, 0.717) is 11.5 Å². The number of hydrogen-bond acceptors (Lipinski definition) is 5. The van der Waals surface area contributed by atoms with Gasteiger partial charge in [-0.3, -0.25) is 9.69 Å². The van der Waals surface area contributed by atoms with Gasteiger partial charge in [0, 0.05) is 39.3 Å². The monoisotopic (exact) mass is 289 g/mol. The number of rotatable bonds is 3. The van der Waals surface area contributed by atoms with Crippen LogP contribution in [0, 0.1) is 0 Å². The maximum atomic E-state index is 12.4. The molecule has 1 aromatic heterocycles. The van der Waals surface area contributed by atoms with E-state index in [1.165, 1.54) is 25.7 Å². The van der Waals surface area contributed by atoms with Gasteiger partial charge in [-0.15, -0.1) is 10.2 Å². The van der Waals surface area contributed by atoms with Gasteiger partial charge in [-0.1, -0.05) is 12.8 Å². The molecule has 0 radical (unpaired) electrons. The largest absolute Gasteiger partial charge is 0.372 e. The van der Waals surface area contributed by atoms with Crippen LogP contribution >= 0.6 is 0 Å². The minimum atomic E-state index is -0.00350. The molecular formula is C15H23N5O. The zero-order valence-corrected chi connectivity index (χ0v) is 12.6. The quantitative estimate of drug-likeness (QED) is 0.906. The Morgan fingerprint density at radius 1 is 1.14 bits per heavy atom. The van der Waals surface area contributed by atoms with Gasteiger partial charge >= 0.3 is 0 Å². The van der Waals surface area contributed by atoms with Crippen LogP contribution in [-0.4, -0.2) is 65.2 Å². The highest BCUT2D eigenvalue weighted by Crippen LogP contribution is 2.24. The van der Waals surface area contributed by atoms with Crippen molar-refractivity contribution in [1.29, 1.82) is 0 Å². The van der Waals surface area contributed by atoms with Gasteiger partial charge in [-0.25, -0.2) is 0 Å². The zero-order valence-electron chi connectivity index (χ0n) is 12.6. The number of amides is 1. The van der Waals surface area contributed by atoms with Crippen LogP contribution in [0.4, 0.5) is 5.82 Å². The molecular weight excluding hydrogens is 266 g/mol. The third-order valence-corrected chi connectivity index (χ3v) is 4.58. The van der Waals surface area contributed by atoms with Crippen LogP contribution in [0.1, 0.15) is 36.2 Å². The minimum Gasteiger partial charge on any atom is -0.372 e. The second kappa shape index (κ2) is 6.39. The minimum absolute atomic E-state index is 0.00350. The molecule has 21 heavy (non-hydrogen) atoms. The molecule has 1 saturated heterocycles. The average molecular weight is 289 g/mol. The molecule has 2 aliphatic rings. The van der Waals surface area contributed by atoms with E-state index >= 15 is 0 Å². The Bertz CT molecular complexity index is 475.